The summed E-state index contributed by atoms with van der Waals surface area (Å²) < 4.78 is 27.2. The fraction of sp³-hybridized carbons (Fsp3) is 0.647. The van der Waals surface area contributed by atoms with Crippen molar-refractivity contribution in [2.24, 2.45) is 5.92 Å². The van der Waals surface area contributed by atoms with Crippen LogP contribution in [0.2, 0.25) is 0 Å². The van der Waals surface area contributed by atoms with E-state index in [0.717, 1.165) is 25.5 Å². The average molecular weight is 281 g/mol. The largest absolute Gasteiger partial charge is 0.310 e. The number of nitrogens with one attached hydrogen (secondary N) is 1. The molecule has 112 valence electrons. The van der Waals surface area contributed by atoms with Crippen LogP contribution >= 0.6 is 0 Å². The fourth-order valence-electron chi connectivity index (χ4n) is 3.33. The SMILES string of the molecule is CCNC(c1ccc(F)cc1F)C1CCCCCCC1. The Morgan fingerprint density at radius 1 is 1.10 bits per heavy atom. The van der Waals surface area contributed by atoms with Gasteiger partial charge in [-0.3, -0.25) is 0 Å². The Balaban J connectivity index is 2.19. The summed E-state index contributed by atoms with van der Waals surface area (Å²) in [6.45, 7) is 2.84. The topological polar surface area (TPSA) is 12.0 Å². The van der Waals surface area contributed by atoms with Crippen molar-refractivity contribution < 1.29 is 8.78 Å². The minimum Gasteiger partial charge on any atom is -0.310 e. The first-order chi connectivity index (χ1) is 9.72. The number of benzene rings is 1. The van der Waals surface area contributed by atoms with Gasteiger partial charge in [0.2, 0.25) is 0 Å². The maximum Gasteiger partial charge on any atom is 0.130 e. The zero-order valence-corrected chi connectivity index (χ0v) is 12.3. The maximum absolute atomic E-state index is 14.1. The molecular weight excluding hydrogens is 256 g/mol. The smallest absolute Gasteiger partial charge is 0.130 e. The molecule has 0 radical (unpaired) electrons. The van der Waals surface area contributed by atoms with Crippen molar-refractivity contribution in [3.63, 3.8) is 0 Å². The molecule has 1 saturated carbocycles. The third-order valence-electron chi connectivity index (χ3n) is 4.34. The van der Waals surface area contributed by atoms with E-state index >= 15 is 0 Å². The van der Waals surface area contributed by atoms with Crippen molar-refractivity contribution in [2.45, 2.75) is 57.9 Å². The van der Waals surface area contributed by atoms with Gasteiger partial charge in [0.15, 0.2) is 0 Å². The molecule has 0 aliphatic heterocycles. The molecule has 1 unspecified atom stereocenters. The molecule has 0 amide bonds. The zero-order valence-electron chi connectivity index (χ0n) is 12.3. The Bertz CT molecular complexity index is 411. The first-order valence-corrected chi connectivity index (χ1v) is 7.90. The van der Waals surface area contributed by atoms with Crippen LogP contribution in [-0.2, 0) is 0 Å². The molecule has 1 aliphatic carbocycles. The Morgan fingerprint density at radius 3 is 2.35 bits per heavy atom. The Labute approximate surface area is 120 Å². The molecule has 0 bridgehead atoms. The zero-order chi connectivity index (χ0) is 14.4. The van der Waals surface area contributed by atoms with Crippen LogP contribution in [0.5, 0.6) is 0 Å². The van der Waals surface area contributed by atoms with Gasteiger partial charge in [-0.15, -0.1) is 0 Å². The molecule has 1 N–H and O–H groups in total. The lowest BCUT2D eigenvalue weighted by Crippen LogP contribution is -2.29. The van der Waals surface area contributed by atoms with E-state index in [-0.39, 0.29) is 6.04 Å². The summed E-state index contributed by atoms with van der Waals surface area (Å²) >= 11 is 0. The van der Waals surface area contributed by atoms with Crippen molar-refractivity contribution >= 4 is 0 Å². The first-order valence-electron chi connectivity index (χ1n) is 7.90. The minimum atomic E-state index is -0.501. The molecule has 1 aliphatic rings. The van der Waals surface area contributed by atoms with Crippen LogP contribution in [0.4, 0.5) is 8.78 Å². The van der Waals surface area contributed by atoms with Crippen molar-refractivity contribution in [3.05, 3.63) is 35.4 Å². The van der Waals surface area contributed by atoms with E-state index < -0.39 is 11.6 Å². The first kappa shape index (κ1) is 15.4. The second-order valence-corrected chi connectivity index (χ2v) is 5.81. The maximum atomic E-state index is 14.1. The Kier molecular flexibility index (Phi) is 5.96. The van der Waals surface area contributed by atoms with Crippen molar-refractivity contribution in [1.82, 2.24) is 5.32 Å². The van der Waals surface area contributed by atoms with Crippen LogP contribution in [0.15, 0.2) is 18.2 Å². The standard InChI is InChI=1S/C17H25F2N/c1-2-20-17(13-8-6-4-3-5-7-9-13)15-11-10-14(18)12-16(15)19/h10-13,17,20H,2-9H2,1H3. The highest BCUT2D eigenvalue weighted by atomic mass is 19.1. The van der Waals surface area contributed by atoms with Gasteiger partial charge in [-0.1, -0.05) is 45.1 Å². The summed E-state index contributed by atoms with van der Waals surface area (Å²) in [5, 5.41) is 3.41. The second-order valence-electron chi connectivity index (χ2n) is 5.81. The number of rotatable bonds is 4. The third-order valence-corrected chi connectivity index (χ3v) is 4.34. The second kappa shape index (κ2) is 7.72. The van der Waals surface area contributed by atoms with Crippen LogP contribution in [0, 0.1) is 17.6 Å². The number of hydrogen-bond donors (Lipinski definition) is 1. The highest BCUT2D eigenvalue weighted by Crippen LogP contribution is 2.34. The van der Waals surface area contributed by atoms with Gasteiger partial charge in [-0.2, -0.15) is 0 Å². The summed E-state index contributed by atoms with van der Waals surface area (Å²) in [6.07, 6.45) is 8.58. The van der Waals surface area contributed by atoms with Crippen LogP contribution in [-0.4, -0.2) is 6.54 Å². The molecule has 0 heterocycles. The molecule has 0 aromatic heterocycles. The normalized spacial score (nSPS) is 19.4. The lowest BCUT2D eigenvalue weighted by Gasteiger charge is -2.30. The number of hydrogen-bond acceptors (Lipinski definition) is 1. The highest BCUT2D eigenvalue weighted by Gasteiger charge is 2.25. The van der Waals surface area contributed by atoms with Crippen LogP contribution in [0.3, 0.4) is 0 Å². The third kappa shape index (κ3) is 4.02. The molecule has 1 fully saturated rings. The molecule has 1 aromatic rings. The van der Waals surface area contributed by atoms with Gasteiger partial charge >= 0.3 is 0 Å². The van der Waals surface area contributed by atoms with E-state index in [0.29, 0.717) is 11.5 Å². The lowest BCUT2D eigenvalue weighted by molar-refractivity contribution is 0.286. The monoisotopic (exact) mass is 281 g/mol. The fourth-order valence-corrected chi connectivity index (χ4v) is 3.33. The van der Waals surface area contributed by atoms with E-state index in [9.17, 15) is 8.78 Å². The molecule has 3 heteroatoms. The molecule has 1 nitrogen and oxygen atoms in total. The predicted octanol–water partition coefficient (Wildman–Crippen LogP) is 4.98. The van der Waals surface area contributed by atoms with Crippen LogP contribution in [0.25, 0.3) is 0 Å². The molecule has 0 spiro atoms. The summed E-state index contributed by atoms with van der Waals surface area (Å²) in [5.41, 5.74) is 0.624. The van der Waals surface area contributed by atoms with Gasteiger partial charge in [0.1, 0.15) is 11.6 Å². The van der Waals surface area contributed by atoms with Crippen molar-refractivity contribution in [2.75, 3.05) is 6.54 Å². The molecule has 0 saturated heterocycles. The van der Waals surface area contributed by atoms with Gasteiger partial charge in [0.25, 0.3) is 0 Å². The van der Waals surface area contributed by atoms with E-state index in [1.165, 1.54) is 38.2 Å². The van der Waals surface area contributed by atoms with E-state index in [2.05, 4.69) is 5.32 Å². The van der Waals surface area contributed by atoms with Crippen LogP contribution in [0.1, 0.15) is 63.5 Å². The van der Waals surface area contributed by atoms with Crippen molar-refractivity contribution in [3.8, 4) is 0 Å². The molecular formula is C17H25F2N. The van der Waals surface area contributed by atoms with Crippen LogP contribution < -0.4 is 5.32 Å². The van der Waals surface area contributed by atoms with E-state index in [1.54, 1.807) is 6.07 Å². The van der Waals surface area contributed by atoms with Gasteiger partial charge in [0.05, 0.1) is 0 Å². The quantitative estimate of drug-likeness (QED) is 0.821. The minimum absolute atomic E-state index is 0.0127. The Morgan fingerprint density at radius 2 is 1.75 bits per heavy atom. The molecule has 2 rings (SSSR count). The summed E-state index contributed by atoms with van der Waals surface area (Å²) in [5.74, 6) is -0.465. The highest BCUT2D eigenvalue weighted by molar-refractivity contribution is 5.23. The average Bonchev–Trinajstić information content (AvgIpc) is 2.37. The van der Waals surface area contributed by atoms with E-state index in [1.807, 2.05) is 6.92 Å². The van der Waals surface area contributed by atoms with Gasteiger partial charge in [0, 0.05) is 17.7 Å². The number of halogens is 2. The van der Waals surface area contributed by atoms with E-state index in [4.69, 9.17) is 0 Å². The lowest BCUT2D eigenvalue weighted by atomic mass is 9.82. The molecule has 20 heavy (non-hydrogen) atoms. The molecule has 1 aromatic carbocycles. The van der Waals surface area contributed by atoms with Gasteiger partial charge in [-0.05, 0) is 31.4 Å². The summed E-state index contributed by atoms with van der Waals surface area (Å²) in [6, 6.07) is 3.99. The molecule has 1 atom stereocenters. The summed E-state index contributed by atoms with van der Waals surface area (Å²) in [4.78, 5) is 0. The van der Waals surface area contributed by atoms with Gasteiger partial charge < -0.3 is 5.32 Å². The van der Waals surface area contributed by atoms with Crippen molar-refractivity contribution in [1.29, 1.82) is 0 Å². The van der Waals surface area contributed by atoms with Gasteiger partial charge in [-0.25, -0.2) is 8.78 Å². The Hall–Kier alpha value is -0.960. The summed E-state index contributed by atoms with van der Waals surface area (Å²) in [7, 11) is 0. The predicted molar refractivity (Wildman–Crippen MR) is 78.6 cm³/mol.